The lowest BCUT2D eigenvalue weighted by molar-refractivity contribution is 0.120. The fraction of sp³-hybridized carbons (Fsp3) is 0.500. The van der Waals surface area contributed by atoms with Crippen LogP contribution in [0.15, 0.2) is 5.16 Å². The summed E-state index contributed by atoms with van der Waals surface area (Å²) in [7, 11) is 1.82. The van der Waals surface area contributed by atoms with Gasteiger partial charge in [-0.2, -0.15) is 0 Å². The first kappa shape index (κ1) is 17.0. The van der Waals surface area contributed by atoms with E-state index in [9.17, 15) is 9.50 Å². The predicted octanol–water partition coefficient (Wildman–Crippen LogP) is 3.54. The van der Waals surface area contributed by atoms with E-state index in [1.54, 1.807) is 6.26 Å². The highest BCUT2D eigenvalue weighted by Crippen LogP contribution is 2.42. The second-order valence-electron chi connectivity index (χ2n) is 5.56. The number of likely N-dealkylation sites (N-methyl/N-ethyl adjacent to an activating group) is 1. The third-order valence-electron chi connectivity index (χ3n) is 4.45. The molecule has 2 aromatic rings. The Balaban J connectivity index is 2.29. The molecule has 0 saturated heterocycles. The van der Waals surface area contributed by atoms with Crippen molar-refractivity contribution in [3.63, 3.8) is 0 Å². The monoisotopic (exact) mass is 376 g/mol. The Hall–Kier alpha value is -0.890. The van der Waals surface area contributed by atoms with Crippen LogP contribution in [0, 0.1) is 5.82 Å². The molecule has 3 rings (SSSR count). The highest BCUT2D eigenvalue weighted by atomic mass is 35.5. The van der Waals surface area contributed by atoms with Crippen LogP contribution < -0.4 is 4.90 Å². The molecular formula is C14H15Cl2FN4OS. The number of aromatic nitrogens is 3. The van der Waals surface area contributed by atoms with E-state index in [1.807, 2.05) is 11.9 Å². The van der Waals surface area contributed by atoms with Crippen molar-refractivity contribution in [2.75, 3.05) is 24.8 Å². The molecule has 2 heterocycles. The summed E-state index contributed by atoms with van der Waals surface area (Å²) < 4.78 is 14.4. The molecule has 124 valence electrons. The van der Waals surface area contributed by atoms with E-state index >= 15 is 0 Å². The van der Waals surface area contributed by atoms with Gasteiger partial charge in [-0.05, 0) is 25.5 Å². The van der Waals surface area contributed by atoms with Crippen molar-refractivity contribution in [3.8, 4) is 0 Å². The smallest absolute Gasteiger partial charge is 0.189 e. The maximum Gasteiger partial charge on any atom is 0.189 e. The number of rotatable bonds is 4. The van der Waals surface area contributed by atoms with E-state index in [2.05, 4.69) is 15.0 Å². The van der Waals surface area contributed by atoms with Crippen LogP contribution in [0.3, 0.4) is 0 Å². The lowest BCUT2D eigenvalue weighted by Crippen LogP contribution is -2.55. The molecule has 5 nitrogen and oxygen atoms in total. The molecule has 0 unspecified atom stereocenters. The number of aliphatic hydroxyl groups excluding tert-OH is 1. The highest BCUT2D eigenvalue weighted by Gasteiger charge is 2.42. The van der Waals surface area contributed by atoms with E-state index in [4.69, 9.17) is 23.2 Å². The molecule has 1 N–H and O–H groups in total. The van der Waals surface area contributed by atoms with Crippen molar-refractivity contribution in [2.24, 2.45) is 0 Å². The third-order valence-corrected chi connectivity index (χ3v) is 5.52. The fourth-order valence-electron chi connectivity index (χ4n) is 2.81. The highest BCUT2D eigenvalue weighted by molar-refractivity contribution is 7.98. The van der Waals surface area contributed by atoms with Gasteiger partial charge in [-0.15, -0.1) is 0 Å². The second kappa shape index (κ2) is 6.20. The SMILES string of the molecule is CSc1nc(N(C)C2(CO)CCC2)c2c(Cl)nc(Cl)c(F)c2n1. The molecule has 0 bridgehead atoms. The summed E-state index contributed by atoms with van der Waals surface area (Å²) in [6, 6.07) is 0. The Kier molecular flexibility index (Phi) is 4.57. The summed E-state index contributed by atoms with van der Waals surface area (Å²) in [5, 5.41) is 10.3. The minimum atomic E-state index is -0.718. The summed E-state index contributed by atoms with van der Waals surface area (Å²) in [5.74, 6) is -0.258. The lowest BCUT2D eigenvalue weighted by Gasteiger charge is -2.48. The first-order chi connectivity index (χ1) is 10.9. The second-order valence-corrected chi connectivity index (χ2v) is 7.05. The molecule has 0 amide bonds. The first-order valence-electron chi connectivity index (χ1n) is 7.04. The molecule has 0 spiro atoms. The molecule has 1 aliphatic rings. The molecule has 1 aliphatic carbocycles. The van der Waals surface area contributed by atoms with Gasteiger partial charge >= 0.3 is 0 Å². The molecule has 1 fully saturated rings. The largest absolute Gasteiger partial charge is 0.394 e. The van der Waals surface area contributed by atoms with Crippen molar-refractivity contribution in [3.05, 3.63) is 16.1 Å². The van der Waals surface area contributed by atoms with E-state index in [-0.39, 0.29) is 22.4 Å². The van der Waals surface area contributed by atoms with Gasteiger partial charge in [-0.1, -0.05) is 35.0 Å². The van der Waals surface area contributed by atoms with Crippen molar-refractivity contribution in [1.82, 2.24) is 15.0 Å². The van der Waals surface area contributed by atoms with E-state index < -0.39 is 11.4 Å². The zero-order valence-electron chi connectivity index (χ0n) is 12.6. The molecule has 23 heavy (non-hydrogen) atoms. The van der Waals surface area contributed by atoms with E-state index in [0.717, 1.165) is 19.3 Å². The number of pyridine rings is 1. The fourth-order valence-corrected chi connectivity index (χ4v) is 3.65. The van der Waals surface area contributed by atoms with Crippen LogP contribution in [0.2, 0.25) is 10.3 Å². The van der Waals surface area contributed by atoms with Crippen LogP contribution >= 0.6 is 35.0 Å². The first-order valence-corrected chi connectivity index (χ1v) is 9.02. The number of hydrogen-bond acceptors (Lipinski definition) is 6. The van der Waals surface area contributed by atoms with Crippen molar-refractivity contribution < 1.29 is 9.50 Å². The molecular weight excluding hydrogens is 362 g/mol. The predicted molar refractivity (Wildman–Crippen MR) is 91.2 cm³/mol. The molecule has 2 aromatic heterocycles. The zero-order valence-corrected chi connectivity index (χ0v) is 14.9. The molecule has 0 aromatic carbocycles. The average molecular weight is 377 g/mol. The Morgan fingerprint density at radius 3 is 2.48 bits per heavy atom. The molecule has 0 radical (unpaired) electrons. The number of halogens is 3. The normalized spacial score (nSPS) is 16.4. The van der Waals surface area contributed by atoms with Crippen molar-refractivity contribution >= 4 is 51.7 Å². The number of nitrogens with zero attached hydrogens (tertiary/aromatic N) is 4. The van der Waals surface area contributed by atoms with Gasteiger partial charge in [0.25, 0.3) is 0 Å². The Morgan fingerprint density at radius 1 is 1.26 bits per heavy atom. The topological polar surface area (TPSA) is 62.1 Å². The quantitative estimate of drug-likeness (QED) is 0.500. The van der Waals surface area contributed by atoms with Crippen LogP contribution in [0.4, 0.5) is 10.2 Å². The summed E-state index contributed by atoms with van der Waals surface area (Å²) in [6.45, 7) is -0.00921. The van der Waals surface area contributed by atoms with E-state index in [0.29, 0.717) is 16.4 Å². The minimum Gasteiger partial charge on any atom is -0.394 e. The summed E-state index contributed by atoms with van der Waals surface area (Å²) in [6.07, 6.45) is 4.50. The van der Waals surface area contributed by atoms with Crippen LogP contribution in [0.5, 0.6) is 0 Å². The lowest BCUT2D eigenvalue weighted by atomic mass is 9.76. The standard InChI is InChI=1S/C14H15Cl2FN4OS/c1-21(14(6-22)4-3-5-14)12-7-9(18-13(20-12)23-2)8(17)11(16)19-10(7)15/h22H,3-6H2,1-2H3. The van der Waals surface area contributed by atoms with Gasteiger partial charge < -0.3 is 10.0 Å². The Morgan fingerprint density at radius 2 is 1.96 bits per heavy atom. The Labute approximate surface area is 147 Å². The maximum absolute atomic E-state index is 14.4. The Bertz CT molecular complexity index is 767. The third kappa shape index (κ3) is 2.63. The molecule has 9 heteroatoms. The van der Waals surface area contributed by atoms with E-state index in [1.165, 1.54) is 11.8 Å². The number of anilines is 1. The number of fused-ring (bicyclic) bond motifs is 1. The van der Waals surface area contributed by atoms with Crippen LogP contribution in [-0.4, -0.2) is 45.5 Å². The van der Waals surface area contributed by atoms with Gasteiger partial charge in [-0.3, -0.25) is 0 Å². The summed E-state index contributed by atoms with van der Waals surface area (Å²) in [4.78, 5) is 14.4. The van der Waals surface area contributed by atoms with Gasteiger partial charge in [0.15, 0.2) is 16.1 Å². The van der Waals surface area contributed by atoms with Gasteiger partial charge in [0.05, 0.1) is 17.5 Å². The average Bonchev–Trinajstić information content (AvgIpc) is 2.50. The molecule has 0 atom stereocenters. The number of hydrogen-bond donors (Lipinski definition) is 1. The summed E-state index contributed by atoms with van der Waals surface area (Å²) >= 11 is 13.3. The summed E-state index contributed by atoms with van der Waals surface area (Å²) in [5.41, 5.74) is -0.361. The van der Waals surface area contributed by atoms with Gasteiger partial charge in [-0.25, -0.2) is 19.3 Å². The van der Waals surface area contributed by atoms with Gasteiger partial charge in [0.1, 0.15) is 16.5 Å². The minimum absolute atomic E-state index is 0.00921. The number of thioether (sulfide) groups is 1. The van der Waals surface area contributed by atoms with Gasteiger partial charge in [0, 0.05) is 7.05 Å². The molecule has 0 aliphatic heterocycles. The van der Waals surface area contributed by atoms with Gasteiger partial charge in [0.2, 0.25) is 0 Å². The maximum atomic E-state index is 14.4. The zero-order chi connectivity index (χ0) is 16.8. The van der Waals surface area contributed by atoms with Crippen LogP contribution in [-0.2, 0) is 0 Å². The molecule has 1 saturated carbocycles. The van der Waals surface area contributed by atoms with Crippen molar-refractivity contribution in [1.29, 1.82) is 0 Å². The van der Waals surface area contributed by atoms with Crippen LogP contribution in [0.1, 0.15) is 19.3 Å². The number of aliphatic hydroxyl groups is 1. The van der Waals surface area contributed by atoms with Crippen molar-refractivity contribution in [2.45, 2.75) is 30.0 Å². The van der Waals surface area contributed by atoms with Crippen LogP contribution in [0.25, 0.3) is 10.9 Å².